The molecule has 2 aromatic rings. The fourth-order valence-electron chi connectivity index (χ4n) is 3.31. The number of hydrogen-bond donors (Lipinski definition) is 0. The number of halogens is 1. The fraction of sp³-hybridized carbons (Fsp3) is 0.350. The van der Waals surface area contributed by atoms with Crippen molar-refractivity contribution in [1.82, 2.24) is 4.31 Å². The van der Waals surface area contributed by atoms with Crippen LogP contribution in [0.1, 0.15) is 12.8 Å². The molecule has 0 N–H and O–H groups in total. The minimum atomic E-state index is -3.60. The van der Waals surface area contributed by atoms with E-state index in [0.717, 1.165) is 0 Å². The zero-order valence-electron chi connectivity index (χ0n) is 15.8. The van der Waals surface area contributed by atoms with Crippen LogP contribution in [0.4, 0.5) is 10.1 Å². The van der Waals surface area contributed by atoms with Crippen molar-refractivity contribution in [3.8, 4) is 5.75 Å². The third kappa shape index (κ3) is 4.18. The van der Waals surface area contributed by atoms with Gasteiger partial charge in [-0.2, -0.15) is 4.31 Å². The second-order valence-corrected chi connectivity index (χ2v) is 8.67. The van der Waals surface area contributed by atoms with Crippen LogP contribution in [0.2, 0.25) is 0 Å². The zero-order chi connectivity index (χ0) is 20.3. The molecule has 1 amide bonds. The third-order valence-electron chi connectivity index (χ3n) is 5.04. The van der Waals surface area contributed by atoms with Crippen LogP contribution in [0.3, 0.4) is 0 Å². The molecule has 3 rings (SSSR count). The van der Waals surface area contributed by atoms with Gasteiger partial charge in [0.1, 0.15) is 11.6 Å². The van der Waals surface area contributed by atoms with Gasteiger partial charge < -0.3 is 9.64 Å². The van der Waals surface area contributed by atoms with E-state index in [9.17, 15) is 17.6 Å². The first-order valence-electron chi connectivity index (χ1n) is 9.00. The predicted octanol–water partition coefficient (Wildman–Crippen LogP) is 2.90. The van der Waals surface area contributed by atoms with E-state index in [1.807, 2.05) is 0 Å². The largest absolute Gasteiger partial charge is 0.497 e. The van der Waals surface area contributed by atoms with Gasteiger partial charge in [-0.05, 0) is 61.4 Å². The third-order valence-corrected chi connectivity index (χ3v) is 6.96. The summed E-state index contributed by atoms with van der Waals surface area (Å²) in [7, 11) is -0.431. The molecule has 28 heavy (non-hydrogen) atoms. The molecule has 0 radical (unpaired) electrons. The zero-order valence-corrected chi connectivity index (χ0v) is 16.7. The highest BCUT2D eigenvalue weighted by atomic mass is 32.2. The Balaban J connectivity index is 1.64. The number of methoxy groups -OCH3 is 1. The van der Waals surface area contributed by atoms with Crippen LogP contribution in [0.5, 0.6) is 5.75 Å². The first kappa shape index (κ1) is 20.3. The van der Waals surface area contributed by atoms with E-state index in [0.29, 0.717) is 24.3 Å². The van der Waals surface area contributed by atoms with Gasteiger partial charge in [-0.25, -0.2) is 12.8 Å². The molecule has 0 saturated carbocycles. The molecule has 6 nitrogen and oxygen atoms in total. The van der Waals surface area contributed by atoms with Crippen molar-refractivity contribution < 1.29 is 22.3 Å². The van der Waals surface area contributed by atoms with Crippen molar-refractivity contribution >= 4 is 21.6 Å². The lowest BCUT2D eigenvalue weighted by Crippen LogP contribution is -2.43. The van der Waals surface area contributed by atoms with Crippen molar-refractivity contribution in [1.29, 1.82) is 0 Å². The number of hydrogen-bond acceptors (Lipinski definition) is 4. The van der Waals surface area contributed by atoms with Crippen LogP contribution in [0.15, 0.2) is 53.4 Å². The average Bonchev–Trinajstić information content (AvgIpc) is 2.73. The molecular weight excluding hydrogens is 383 g/mol. The van der Waals surface area contributed by atoms with Gasteiger partial charge in [-0.3, -0.25) is 4.79 Å². The van der Waals surface area contributed by atoms with Crippen LogP contribution in [-0.2, 0) is 14.8 Å². The Morgan fingerprint density at radius 3 is 2.18 bits per heavy atom. The van der Waals surface area contributed by atoms with E-state index in [4.69, 9.17) is 4.74 Å². The van der Waals surface area contributed by atoms with Crippen LogP contribution in [-0.4, -0.2) is 45.9 Å². The Kier molecular flexibility index (Phi) is 6.00. The predicted molar refractivity (Wildman–Crippen MR) is 104 cm³/mol. The molecule has 8 heteroatoms. The van der Waals surface area contributed by atoms with Gasteiger partial charge in [0, 0.05) is 31.7 Å². The maximum absolute atomic E-state index is 13.1. The summed E-state index contributed by atoms with van der Waals surface area (Å²) >= 11 is 0. The lowest BCUT2D eigenvalue weighted by atomic mass is 9.96. The van der Waals surface area contributed by atoms with Gasteiger partial charge in [0.15, 0.2) is 0 Å². The van der Waals surface area contributed by atoms with Crippen molar-refractivity contribution in [2.75, 3.05) is 32.1 Å². The molecule has 0 bridgehead atoms. The Morgan fingerprint density at radius 2 is 1.64 bits per heavy atom. The summed E-state index contributed by atoms with van der Waals surface area (Å²) in [5.74, 6) is -0.126. The SMILES string of the molecule is COc1ccc(S(=O)(=O)N2CCC(C(=O)N(C)c3ccc(F)cc3)CC2)cc1. The normalized spacial score (nSPS) is 16.0. The highest BCUT2D eigenvalue weighted by Gasteiger charge is 2.33. The van der Waals surface area contributed by atoms with Gasteiger partial charge in [0.25, 0.3) is 0 Å². The first-order chi connectivity index (χ1) is 13.3. The van der Waals surface area contributed by atoms with Crippen LogP contribution in [0.25, 0.3) is 0 Å². The lowest BCUT2D eigenvalue weighted by molar-refractivity contribution is -0.123. The summed E-state index contributed by atoms with van der Waals surface area (Å²) in [4.78, 5) is 14.4. The maximum atomic E-state index is 13.1. The van der Waals surface area contributed by atoms with Crippen molar-refractivity contribution in [2.45, 2.75) is 17.7 Å². The monoisotopic (exact) mass is 406 g/mol. The van der Waals surface area contributed by atoms with Crippen molar-refractivity contribution in [2.24, 2.45) is 5.92 Å². The van der Waals surface area contributed by atoms with E-state index in [1.165, 1.54) is 40.6 Å². The summed E-state index contributed by atoms with van der Waals surface area (Å²) in [5.41, 5.74) is 0.611. The van der Waals surface area contributed by atoms with Gasteiger partial charge in [-0.15, -0.1) is 0 Å². The summed E-state index contributed by atoms with van der Waals surface area (Å²) in [5, 5.41) is 0. The summed E-state index contributed by atoms with van der Waals surface area (Å²) < 4.78 is 45.2. The molecule has 1 heterocycles. The minimum Gasteiger partial charge on any atom is -0.497 e. The summed E-state index contributed by atoms with van der Waals surface area (Å²) in [6, 6.07) is 12.0. The van der Waals surface area contributed by atoms with E-state index in [2.05, 4.69) is 0 Å². The molecule has 0 unspecified atom stereocenters. The molecule has 0 aromatic heterocycles. The van der Waals surface area contributed by atoms with E-state index in [1.54, 1.807) is 31.3 Å². The molecule has 1 aliphatic heterocycles. The Morgan fingerprint density at radius 1 is 1.07 bits per heavy atom. The van der Waals surface area contributed by atoms with E-state index >= 15 is 0 Å². The van der Waals surface area contributed by atoms with Crippen LogP contribution < -0.4 is 9.64 Å². The number of sulfonamides is 1. The standard InChI is InChI=1S/C20H23FN2O4S/c1-22(17-5-3-16(21)4-6-17)20(24)15-11-13-23(14-12-15)28(25,26)19-9-7-18(27-2)8-10-19/h3-10,15H,11-14H2,1-2H3. The molecular formula is C20H23FN2O4S. The second kappa shape index (κ2) is 8.28. The van der Waals surface area contributed by atoms with Gasteiger partial charge >= 0.3 is 0 Å². The number of piperidine rings is 1. The van der Waals surface area contributed by atoms with Crippen molar-refractivity contribution in [3.05, 3.63) is 54.3 Å². The fourth-order valence-corrected chi connectivity index (χ4v) is 4.78. The molecule has 1 saturated heterocycles. The molecule has 0 atom stereocenters. The average molecular weight is 406 g/mol. The molecule has 1 fully saturated rings. The van der Waals surface area contributed by atoms with E-state index in [-0.39, 0.29) is 35.6 Å². The first-order valence-corrected chi connectivity index (χ1v) is 10.4. The molecule has 1 aliphatic rings. The highest BCUT2D eigenvalue weighted by Crippen LogP contribution is 2.27. The van der Waals surface area contributed by atoms with Crippen LogP contribution >= 0.6 is 0 Å². The summed E-state index contributed by atoms with van der Waals surface area (Å²) in [6.07, 6.45) is 0.888. The van der Waals surface area contributed by atoms with E-state index < -0.39 is 10.0 Å². The number of carbonyl (C=O) groups excluding carboxylic acids is 1. The number of nitrogens with zero attached hydrogens (tertiary/aromatic N) is 2. The quantitative estimate of drug-likeness (QED) is 0.766. The smallest absolute Gasteiger partial charge is 0.243 e. The van der Waals surface area contributed by atoms with Crippen molar-refractivity contribution in [3.63, 3.8) is 0 Å². The Bertz CT molecular complexity index is 922. The molecule has 2 aromatic carbocycles. The second-order valence-electron chi connectivity index (χ2n) is 6.73. The highest BCUT2D eigenvalue weighted by molar-refractivity contribution is 7.89. The summed E-state index contributed by atoms with van der Waals surface area (Å²) in [6.45, 7) is 0.560. The number of carbonyl (C=O) groups is 1. The topological polar surface area (TPSA) is 66.9 Å². The molecule has 0 spiro atoms. The molecule has 150 valence electrons. The number of rotatable bonds is 5. The van der Waals surface area contributed by atoms with Crippen LogP contribution in [0, 0.1) is 11.7 Å². The number of ether oxygens (including phenoxy) is 1. The maximum Gasteiger partial charge on any atom is 0.243 e. The number of benzene rings is 2. The minimum absolute atomic E-state index is 0.0897. The van der Waals surface area contributed by atoms with Gasteiger partial charge in [0.05, 0.1) is 12.0 Å². The van der Waals surface area contributed by atoms with Gasteiger partial charge in [0.2, 0.25) is 15.9 Å². The Hall–Kier alpha value is -2.45. The Labute approximate surface area is 164 Å². The lowest BCUT2D eigenvalue weighted by Gasteiger charge is -2.32. The number of amides is 1. The van der Waals surface area contributed by atoms with Gasteiger partial charge in [-0.1, -0.05) is 0 Å². The number of anilines is 1. The molecule has 0 aliphatic carbocycles.